The number of anilines is 6. The molecule has 10 aromatic carbocycles. The van der Waals surface area contributed by atoms with Gasteiger partial charge in [-0.3, -0.25) is 14.6 Å². The molecule has 0 radical (unpaired) electrons. The number of hydrogen-bond acceptors (Lipinski definition) is 7. The van der Waals surface area contributed by atoms with E-state index in [-0.39, 0.29) is 5.78 Å². The summed E-state index contributed by atoms with van der Waals surface area (Å²) in [7, 11) is 0. The molecule has 0 fully saturated rings. The Hall–Kier alpha value is -11.0. The molecule has 0 amide bonds. The minimum atomic E-state index is -0.0369. The lowest BCUT2D eigenvalue weighted by molar-refractivity contribution is 0.103. The second-order valence-corrected chi connectivity index (χ2v) is 20.1. The van der Waals surface area contributed by atoms with Crippen LogP contribution >= 0.6 is 0 Å². The van der Waals surface area contributed by atoms with Crippen LogP contribution in [-0.4, -0.2) is 24.9 Å². The van der Waals surface area contributed by atoms with E-state index in [0.29, 0.717) is 11.1 Å². The van der Waals surface area contributed by atoms with Crippen molar-refractivity contribution < 1.29 is 14.3 Å². The molecule has 6 heterocycles. The Labute approximate surface area is 459 Å². The lowest BCUT2D eigenvalue weighted by Gasteiger charge is -2.31. The van der Waals surface area contributed by atoms with E-state index in [4.69, 9.17) is 19.4 Å². The summed E-state index contributed by atoms with van der Waals surface area (Å²) in [6.07, 6.45) is 3.90. The normalized spacial score (nSPS) is 12.4. The third-order valence-corrected chi connectivity index (χ3v) is 15.6. The Morgan fingerprint density at radius 3 is 1.02 bits per heavy atom. The van der Waals surface area contributed by atoms with Gasteiger partial charge in [0.05, 0.1) is 44.8 Å². The molecule has 0 spiro atoms. The van der Waals surface area contributed by atoms with Gasteiger partial charge in [0.2, 0.25) is 0 Å². The molecule has 14 aromatic rings. The average Bonchev–Trinajstić information content (AvgIpc) is 4.26. The van der Waals surface area contributed by atoms with E-state index in [1.807, 2.05) is 134 Å². The Balaban J connectivity index is 0.665. The van der Waals surface area contributed by atoms with Crippen LogP contribution in [0, 0.1) is 0 Å². The van der Waals surface area contributed by atoms with Crippen molar-refractivity contribution in [3.63, 3.8) is 0 Å². The summed E-state index contributed by atoms with van der Waals surface area (Å²) >= 11 is 0. The molecule has 0 saturated carbocycles. The van der Waals surface area contributed by atoms with Gasteiger partial charge in [0.1, 0.15) is 11.6 Å². The van der Waals surface area contributed by atoms with E-state index in [0.717, 1.165) is 135 Å². The number of fused-ring (bicyclic) bond motifs is 10. The SMILES string of the molecule is O=C(c1ccc(-n2c3ccccc3c3cc(-c4ccc(N5c6ccccc6Oc6ccccc65)nc4)ccc32)cc1)c1ccc(-n2c3ccccc3c3cc(-c4ccc(N5c6ccccc6Oc6ccccc65)nc4)ccc32)cc1. The molecule has 0 atom stereocenters. The predicted octanol–water partition coefficient (Wildman–Crippen LogP) is 18.4. The van der Waals surface area contributed by atoms with Crippen molar-refractivity contribution in [3.8, 4) is 56.6 Å². The van der Waals surface area contributed by atoms with Gasteiger partial charge in [-0.25, -0.2) is 9.97 Å². The zero-order valence-corrected chi connectivity index (χ0v) is 42.8. The van der Waals surface area contributed by atoms with Gasteiger partial charge >= 0.3 is 0 Å². The topological polar surface area (TPSA) is 77.7 Å². The molecule has 0 saturated heterocycles. The molecule has 0 unspecified atom stereocenters. The summed E-state index contributed by atoms with van der Waals surface area (Å²) in [5, 5.41) is 4.55. The molecule has 16 rings (SSSR count). The fourth-order valence-electron chi connectivity index (χ4n) is 11.8. The molecule has 4 aromatic heterocycles. The second kappa shape index (κ2) is 18.0. The van der Waals surface area contributed by atoms with Gasteiger partial charge in [-0.2, -0.15) is 0 Å². The fourth-order valence-corrected chi connectivity index (χ4v) is 11.8. The minimum Gasteiger partial charge on any atom is -0.453 e. The lowest BCUT2D eigenvalue weighted by atomic mass is 10.0. The summed E-state index contributed by atoms with van der Waals surface area (Å²) in [4.78, 5) is 28.6. The Kier molecular flexibility index (Phi) is 10.2. The first-order valence-electron chi connectivity index (χ1n) is 26.6. The van der Waals surface area contributed by atoms with Gasteiger partial charge in [0.15, 0.2) is 28.8 Å². The fraction of sp³-hybridized carbons (Fsp3) is 0. The number of pyridine rings is 2. The largest absolute Gasteiger partial charge is 0.453 e. The third kappa shape index (κ3) is 7.22. The van der Waals surface area contributed by atoms with Gasteiger partial charge < -0.3 is 18.6 Å². The molecule has 80 heavy (non-hydrogen) atoms. The van der Waals surface area contributed by atoms with Gasteiger partial charge in [0, 0.05) is 67.6 Å². The van der Waals surface area contributed by atoms with E-state index < -0.39 is 0 Å². The number of benzene rings is 10. The van der Waals surface area contributed by atoms with Gasteiger partial charge in [0.25, 0.3) is 0 Å². The van der Waals surface area contributed by atoms with Crippen LogP contribution in [0.25, 0.3) is 77.2 Å². The van der Waals surface area contributed by atoms with Crippen molar-refractivity contribution >= 4 is 83.8 Å². The highest BCUT2D eigenvalue weighted by molar-refractivity contribution is 6.13. The highest BCUT2D eigenvalue weighted by Gasteiger charge is 2.28. The zero-order valence-electron chi connectivity index (χ0n) is 42.8. The number of hydrogen-bond donors (Lipinski definition) is 0. The van der Waals surface area contributed by atoms with Crippen LogP contribution in [-0.2, 0) is 0 Å². The van der Waals surface area contributed by atoms with Crippen molar-refractivity contribution in [1.29, 1.82) is 0 Å². The van der Waals surface area contributed by atoms with Gasteiger partial charge in [-0.15, -0.1) is 0 Å². The highest BCUT2D eigenvalue weighted by Crippen LogP contribution is 2.51. The molecular weight excluding hydrogens is 985 g/mol. The number of para-hydroxylation sites is 10. The van der Waals surface area contributed by atoms with E-state index in [1.165, 1.54) is 0 Å². The number of carbonyl (C=O) groups excluding carboxylic acids is 1. The maximum Gasteiger partial charge on any atom is 0.193 e. The molecule has 0 bridgehead atoms. The maximum absolute atomic E-state index is 14.2. The monoisotopic (exact) mass is 1030 g/mol. The van der Waals surface area contributed by atoms with Crippen molar-refractivity contribution in [2.75, 3.05) is 9.80 Å². The summed E-state index contributed by atoms with van der Waals surface area (Å²) in [6.45, 7) is 0. The predicted molar refractivity (Wildman–Crippen MR) is 321 cm³/mol. The average molecular weight is 1030 g/mol. The van der Waals surface area contributed by atoms with Crippen LogP contribution in [0.1, 0.15) is 15.9 Å². The summed E-state index contributed by atoms with van der Waals surface area (Å²) in [5.41, 5.74) is 15.5. The Morgan fingerprint density at radius 1 is 0.312 bits per heavy atom. The van der Waals surface area contributed by atoms with E-state index in [2.05, 4.69) is 152 Å². The van der Waals surface area contributed by atoms with Crippen LogP contribution in [0.4, 0.5) is 34.4 Å². The Bertz CT molecular complexity index is 4400. The molecule has 9 nitrogen and oxygen atoms in total. The first-order chi connectivity index (χ1) is 39.6. The van der Waals surface area contributed by atoms with Crippen LogP contribution < -0.4 is 19.3 Å². The quantitative estimate of drug-likeness (QED) is 0.140. The maximum atomic E-state index is 14.2. The van der Waals surface area contributed by atoms with Crippen LogP contribution in [0.15, 0.2) is 267 Å². The smallest absolute Gasteiger partial charge is 0.193 e. The summed E-state index contributed by atoms with van der Waals surface area (Å²) in [6, 6.07) is 86.7. The summed E-state index contributed by atoms with van der Waals surface area (Å²) in [5.74, 6) is 4.75. The van der Waals surface area contributed by atoms with E-state index >= 15 is 0 Å². The van der Waals surface area contributed by atoms with Crippen LogP contribution in [0.5, 0.6) is 23.0 Å². The lowest BCUT2D eigenvalue weighted by Crippen LogP contribution is -2.16. The molecule has 2 aliphatic heterocycles. The van der Waals surface area contributed by atoms with Gasteiger partial charge in [-0.1, -0.05) is 97.1 Å². The molecular formula is C71H44N6O3. The van der Waals surface area contributed by atoms with E-state index in [1.54, 1.807) is 0 Å². The molecule has 0 N–H and O–H groups in total. The molecule has 376 valence electrons. The summed E-state index contributed by atoms with van der Waals surface area (Å²) < 4.78 is 17.0. The number of ketones is 1. The number of nitrogens with zero attached hydrogens (tertiary/aromatic N) is 6. The molecule has 0 aliphatic carbocycles. The van der Waals surface area contributed by atoms with Crippen molar-refractivity contribution in [1.82, 2.24) is 19.1 Å². The van der Waals surface area contributed by atoms with Crippen LogP contribution in [0.3, 0.4) is 0 Å². The first kappa shape index (κ1) is 45.2. The minimum absolute atomic E-state index is 0.0369. The standard InChI is InChI=1S/C71H44N6O3/c78-71(45-25-33-51(34-26-45)74-57-15-3-1-13-53(57)55-41-47(29-37-59(55)74)49-31-39-69(72-43-49)76-61-17-5-9-21-65(61)79-66-22-10-6-18-62(66)76)46-27-35-52(36-28-46)75-58-16-4-2-14-54(58)56-42-48(30-38-60(56)75)50-32-40-70(73-44-50)77-63-19-7-11-23-67(63)80-68-24-12-8-20-64(68)77/h1-44H. The first-order valence-corrected chi connectivity index (χ1v) is 26.6. The number of ether oxygens (including phenoxy) is 2. The molecule has 2 aliphatic rings. The van der Waals surface area contributed by atoms with Crippen molar-refractivity contribution in [2.24, 2.45) is 0 Å². The number of aromatic nitrogens is 4. The highest BCUT2D eigenvalue weighted by atomic mass is 16.5. The number of rotatable bonds is 8. The van der Waals surface area contributed by atoms with Crippen molar-refractivity contribution in [3.05, 3.63) is 278 Å². The number of carbonyl (C=O) groups is 1. The van der Waals surface area contributed by atoms with Crippen LogP contribution in [0.2, 0.25) is 0 Å². The second-order valence-electron chi connectivity index (χ2n) is 20.1. The third-order valence-electron chi connectivity index (χ3n) is 15.6. The van der Waals surface area contributed by atoms with Gasteiger partial charge in [-0.05, 0) is 169 Å². The van der Waals surface area contributed by atoms with E-state index in [9.17, 15) is 4.79 Å². The molecule has 9 heteroatoms. The Morgan fingerprint density at radius 2 is 0.650 bits per heavy atom. The van der Waals surface area contributed by atoms with Crippen molar-refractivity contribution in [2.45, 2.75) is 0 Å². The zero-order chi connectivity index (χ0) is 52.8.